The Kier molecular flexibility index (Phi) is 3.27. The van der Waals surface area contributed by atoms with Gasteiger partial charge in [0.15, 0.2) is 5.78 Å². The first kappa shape index (κ1) is 13.5. The highest BCUT2D eigenvalue weighted by molar-refractivity contribution is 6.02. The van der Waals surface area contributed by atoms with Crippen LogP contribution in [0.25, 0.3) is 0 Å². The van der Waals surface area contributed by atoms with Gasteiger partial charge in [-0.25, -0.2) is 0 Å². The smallest absolute Gasteiger partial charge is 0.269 e. The fraction of sp³-hybridized carbons (Fsp3) is 0.188. The average molecular weight is 282 g/mol. The molecule has 5 heteroatoms. The molecule has 0 bridgehead atoms. The third kappa shape index (κ3) is 2.43. The summed E-state index contributed by atoms with van der Waals surface area (Å²) in [6.07, 6.45) is 0. The van der Waals surface area contributed by atoms with E-state index in [-0.39, 0.29) is 23.6 Å². The van der Waals surface area contributed by atoms with Crippen LogP contribution in [-0.2, 0) is 0 Å². The highest BCUT2D eigenvalue weighted by atomic mass is 16.6. The molecule has 106 valence electrons. The van der Waals surface area contributed by atoms with Crippen molar-refractivity contribution in [1.29, 1.82) is 0 Å². The van der Waals surface area contributed by atoms with Crippen LogP contribution in [0.1, 0.15) is 22.0 Å². The van der Waals surface area contributed by atoms with E-state index in [1.54, 1.807) is 24.3 Å². The van der Waals surface area contributed by atoms with Crippen molar-refractivity contribution in [1.82, 2.24) is 4.90 Å². The van der Waals surface area contributed by atoms with E-state index in [9.17, 15) is 14.9 Å². The lowest BCUT2D eigenvalue weighted by atomic mass is 10.0. The molecule has 1 unspecified atom stereocenters. The Labute approximate surface area is 122 Å². The van der Waals surface area contributed by atoms with Gasteiger partial charge in [0.25, 0.3) is 5.69 Å². The van der Waals surface area contributed by atoms with Gasteiger partial charge in [-0.15, -0.1) is 0 Å². The molecular weight excluding hydrogens is 268 g/mol. The number of hydrogen-bond acceptors (Lipinski definition) is 4. The van der Waals surface area contributed by atoms with Crippen LogP contribution in [0.2, 0.25) is 0 Å². The number of non-ortho nitro benzene ring substituents is 1. The molecule has 1 heterocycles. The Hall–Kier alpha value is -2.53. The Morgan fingerprint density at radius 3 is 2.52 bits per heavy atom. The molecule has 1 aliphatic rings. The fourth-order valence-corrected chi connectivity index (χ4v) is 2.68. The summed E-state index contributed by atoms with van der Waals surface area (Å²) in [4.78, 5) is 24.8. The van der Waals surface area contributed by atoms with Gasteiger partial charge in [-0.2, -0.15) is 0 Å². The molecule has 21 heavy (non-hydrogen) atoms. The molecule has 0 N–H and O–H groups in total. The van der Waals surface area contributed by atoms with Gasteiger partial charge < -0.3 is 0 Å². The van der Waals surface area contributed by atoms with Gasteiger partial charge in [0, 0.05) is 17.7 Å². The second-order valence-electron chi connectivity index (χ2n) is 5.14. The van der Waals surface area contributed by atoms with Crippen molar-refractivity contribution >= 4 is 11.5 Å². The zero-order chi connectivity index (χ0) is 15.0. The molecule has 0 amide bonds. The lowest BCUT2D eigenvalue weighted by molar-refractivity contribution is -0.384. The first-order chi connectivity index (χ1) is 10.1. The van der Waals surface area contributed by atoms with Gasteiger partial charge in [-0.3, -0.25) is 19.8 Å². The Balaban J connectivity index is 1.84. The van der Waals surface area contributed by atoms with E-state index in [1.807, 2.05) is 36.2 Å². The van der Waals surface area contributed by atoms with Crippen LogP contribution in [0.15, 0.2) is 54.6 Å². The third-order valence-electron chi connectivity index (χ3n) is 3.84. The van der Waals surface area contributed by atoms with Crippen molar-refractivity contribution < 1.29 is 9.72 Å². The lowest BCUT2D eigenvalue weighted by Gasteiger charge is -1.99. The predicted octanol–water partition coefficient (Wildman–Crippen LogP) is 2.83. The number of likely N-dealkylation sites (N-methyl/N-ethyl adjacent to an activating group) is 1. The van der Waals surface area contributed by atoms with Crippen molar-refractivity contribution in [2.24, 2.45) is 0 Å². The molecule has 0 spiro atoms. The van der Waals surface area contributed by atoms with Crippen LogP contribution >= 0.6 is 0 Å². The van der Waals surface area contributed by atoms with E-state index in [1.165, 1.54) is 6.07 Å². The van der Waals surface area contributed by atoms with E-state index >= 15 is 0 Å². The number of nitro benzene ring substituents is 1. The number of hydrogen-bond donors (Lipinski definition) is 0. The monoisotopic (exact) mass is 282 g/mol. The predicted molar refractivity (Wildman–Crippen MR) is 78.2 cm³/mol. The quantitative estimate of drug-likeness (QED) is 0.374. The zero-order valence-electron chi connectivity index (χ0n) is 11.5. The van der Waals surface area contributed by atoms with Crippen LogP contribution in [0.3, 0.4) is 0 Å². The van der Waals surface area contributed by atoms with Gasteiger partial charge in [0.1, 0.15) is 0 Å². The topological polar surface area (TPSA) is 63.2 Å². The molecular formula is C16H14N2O3. The molecule has 2 aromatic carbocycles. The van der Waals surface area contributed by atoms with E-state index < -0.39 is 4.92 Å². The van der Waals surface area contributed by atoms with Gasteiger partial charge in [0.2, 0.25) is 0 Å². The first-order valence-electron chi connectivity index (χ1n) is 6.65. The molecule has 5 nitrogen and oxygen atoms in total. The number of Topliss-reactive ketones (excluding diaryl/α,β-unsaturated/α-hetero) is 1. The Bertz CT molecular complexity index is 700. The summed E-state index contributed by atoms with van der Waals surface area (Å²) in [5, 5.41) is 10.8. The molecule has 0 saturated carbocycles. The minimum Gasteiger partial charge on any atom is -0.292 e. The van der Waals surface area contributed by atoms with E-state index in [0.717, 1.165) is 5.56 Å². The minimum absolute atomic E-state index is 0.0506. The number of rotatable bonds is 4. The zero-order valence-corrected chi connectivity index (χ0v) is 11.5. The molecule has 1 aliphatic heterocycles. The van der Waals surface area contributed by atoms with Gasteiger partial charge in [0.05, 0.1) is 17.0 Å². The van der Waals surface area contributed by atoms with Crippen LogP contribution in [0.5, 0.6) is 0 Å². The molecule has 0 aliphatic carbocycles. The largest absolute Gasteiger partial charge is 0.292 e. The first-order valence-corrected chi connectivity index (χ1v) is 6.65. The summed E-state index contributed by atoms with van der Waals surface area (Å²) in [6.45, 7) is 0. The van der Waals surface area contributed by atoms with Gasteiger partial charge in [-0.05, 0) is 12.6 Å². The molecule has 1 fully saturated rings. The highest BCUT2D eigenvalue weighted by Crippen LogP contribution is 2.43. The molecule has 1 saturated heterocycles. The molecule has 2 aromatic rings. The lowest BCUT2D eigenvalue weighted by Crippen LogP contribution is -2.11. The Morgan fingerprint density at radius 2 is 1.86 bits per heavy atom. The molecule has 3 atom stereocenters. The van der Waals surface area contributed by atoms with Gasteiger partial charge >= 0.3 is 0 Å². The standard InChI is InChI=1S/C16H14N2O3/c1-17-14(12-8-5-9-13(10-12)18(20)21)15(17)16(19)11-6-3-2-4-7-11/h2-10,14-15H,1H3/t14-,15+,17?/m1/s1. The second kappa shape index (κ2) is 5.10. The number of ketones is 1. The van der Waals surface area contributed by atoms with Gasteiger partial charge in [-0.1, -0.05) is 42.5 Å². The summed E-state index contributed by atoms with van der Waals surface area (Å²) in [6, 6.07) is 15.3. The van der Waals surface area contributed by atoms with Crippen molar-refractivity contribution in [3.8, 4) is 0 Å². The second-order valence-corrected chi connectivity index (χ2v) is 5.14. The number of carbonyl (C=O) groups excluding carboxylic acids is 1. The van der Waals surface area contributed by atoms with E-state index in [4.69, 9.17) is 0 Å². The number of nitro groups is 1. The SMILES string of the molecule is CN1[C@H](C(=O)c2ccccc2)[C@H]1c1cccc([N+](=O)[O-])c1. The van der Waals surface area contributed by atoms with Crippen molar-refractivity contribution in [2.75, 3.05) is 7.05 Å². The van der Waals surface area contributed by atoms with Crippen molar-refractivity contribution in [3.63, 3.8) is 0 Å². The summed E-state index contributed by atoms with van der Waals surface area (Å²) in [5.74, 6) is 0.0506. The average Bonchev–Trinajstić information content (AvgIpc) is 3.18. The Morgan fingerprint density at radius 1 is 1.14 bits per heavy atom. The minimum atomic E-state index is -0.417. The maximum absolute atomic E-state index is 12.4. The third-order valence-corrected chi connectivity index (χ3v) is 3.84. The van der Waals surface area contributed by atoms with E-state index in [2.05, 4.69) is 0 Å². The van der Waals surface area contributed by atoms with Crippen LogP contribution < -0.4 is 0 Å². The summed E-state index contributed by atoms with van der Waals surface area (Å²) < 4.78 is 0. The maximum Gasteiger partial charge on any atom is 0.269 e. The maximum atomic E-state index is 12.4. The van der Waals surface area contributed by atoms with Crippen LogP contribution in [0, 0.1) is 10.1 Å². The van der Waals surface area contributed by atoms with Crippen molar-refractivity contribution in [2.45, 2.75) is 12.1 Å². The normalized spacial score (nSPS) is 23.6. The summed E-state index contributed by atoms with van der Waals surface area (Å²) in [7, 11) is 1.86. The molecule has 0 radical (unpaired) electrons. The highest BCUT2D eigenvalue weighted by Gasteiger charge is 2.50. The van der Waals surface area contributed by atoms with Crippen molar-refractivity contribution in [3.05, 3.63) is 75.8 Å². The van der Waals surface area contributed by atoms with E-state index in [0.29, 0.717) is 5.56 Å². The molecule has 0 aromatic heterocycles. The number of nitrogens with zero attached hydrogens (tertiary/aromatic N) is 2. The number of benzene rings is 2. The molecule has 3 rings (SSSR count). The fourth-order valence-electron chi connectivity index (χ4n) is 2.68. The van der Waals surface area contributed by atoms with Crippen LogP contribution in [0.4, 0.5) is 5.69 Å². The summed E-state index contributed by atoms with van der Waals surface area (Å²) >= 11 is 0. The summed E-state index contributed by atoms with van der Waals surface area (Å²) in [5.41, 5.74) is 1.53. The number of carbonyl (C=O) groups is 1. The van der Waals surface area contributed by atoms with Crippen LogP contribution in [-0.4, -0.2) is 28.7 Å².